The molecule has 0 unspecified atom stereocenters. The van der Waals surface area contributed by atoms with E-state index in [2.05, 4.69) is 20.3 Å². The van der Waals surface area contributed by atoms with Gasteiger partial charge in [-0.05, 0) is 12.8 Å². The van der Waals surface area contributed by atoms with Gasteiger partial charge < -0.3 is 4.52 Å². The molecule has 1 N–H and O–H groups in total. The van der Waals surface area contributed by atoms with Crippen molar-refractivity contribution in [3.63, 3.8) is 0 Å². The van der Waals surface area contributed by atoms with Crippen LogP contribution in [0.25, 0.3) is 11.5 Å². The van der Waals surface area contributed by atoms with E-state index in [9.17, 15) is 0 Å². The van der Waals surface area contributed by atoms with Crippen LogP contribution in [0.1, 0.15) is 56.0 Å². The van der Waals surface area contributed by atoms with E-state index in [0.29, 0.717) is 23.1 Å². The van der Waals surface area contributed by atoms with Crippen molar-refractivity contribution in [3.8, 4) is 17.5 Å². The SMILES string of the molecule is N#Cc1[nH]ncc1-c1nc(C2CCCCCC2)no1. The van der Waals surface area contributed by atoms with Crippen LogP contribution in [0.3, 0.4) is 0 Å². The summed E-state index contributed by atoms with van der Waals surface area (Å²) in [7, 11) is 0. The Morgan fingerprint density at radius 1 is 1.26 bits per heavy atom. The number of H-pyrrole nitrogens is 1. The zero-order chi connectivity index (χ0) is 13.1. The summed E-state index contributed by atoms with van der Waals surface area (Å²) in [6.45, 7) is 0. The predicted molar refractivity (Wildman–Crippen MR) is 67.0 cm³/mol. The van der Waals surface area contributed by atoms with Crippen molar-refractivity contribution in [1.82, 2.24) is 20.3 Å². The summed E-state index contributed by atoms with van der Waals surface area (Å²) in [6.07, 6.45) is 8.82. The van der Waals surface area contributed by atoms with E-state index in [4.69, 9.17) is 9.78 Å². The van der Waals surface area contributed by atoms with Crippen LogP contribution in [0.4, 0.5) is 0 Å². The number of hydrogen-bond donors (Lipinski definition) is 1. The molecule has 19 heavy (non-hydrogen) atoms. The van der Waals surface area contributed by atoms with Gasteiger partial charge in [0.15, 0.2) is 5.82 Å². The van der Waals surface area contributed by atoms with Gasteiger partial charge >= 0.3 is 0 Å². The van der Waals surface area contributed by atoms with E-state index in [1.807, 2.05) is 6.07 Å². The third-order valence-corrected chi connectivity index (χ3v) is 3.64. The highest BCUT2D eigenvalue weighted by Gasteiger charge is 2.22. The van der Waals surface area contributed by atoms with E-state index in [1.165, 1.54) is 25.7 Å². The number of nitrogens with zero attached hydrogens (tertiary/aromatic N) is 4. The maximum Gasteiger partial charge on any atom is 0.262 e. The number of aromatic amines is 1. The summed E-state index contributed by atoms with van der Waals surface area (Å²) in [4.78, 5) is 4.44. The van der Waals surface area contributed by atoms with Gasteiger partial charge in [-0.2, -0.15) is 15.3 Å². The second-order valence-corrected chi connectivity index (χ2v) is 4.92. The Bertz CT molecular complexity index is 586. The average Bonchev–Trinajstić information content (AvgIpc) is 3.01. The lowest BCUT2D eigenvalue weighted by molar-refractivity contribution is 0.410. The maximum absolute atomic E-state index is 8.95. The molecule has 6 nitrogen and oxygen atoms in total. The number of rotatable bonds is 2. The Balaban J connectivity index is 1.85. The molecule has 0 aromatic carbocycles. The fourth-order valence-electron chi connectivity index (χ4n) is 2.58. The Labute approximate surface area is 110 Å². The molecule has 2 heterocycles. The van der Waals surface area contributed by atoms with Crippen LogP contribution in [-0.4, -0.2) is 20.3 Å². The number of hydrogen-bond acceptors (Lipinski definition) is 5. The topological polar surface area (TPSA) is 91.4 Å². The molecule has 0 radical (unpaired) electrons. The molecule has 1 saturated carbocycles. The molecule has 0 aliphatic heterocycles. The second-order valence-electron chi connectivity index (χ2n) is 4.92. The molecule has 1 fully saturated rings. The van der Waals surface area contributed by atoms with Crippen molar-refractivity contribution in [2.75, 3.05) is 0 Å². The van der Waals surface area contributed by atoms with E-state index in [1.54, 1.807) is 6.20 Å². The highest BCUT2D eigenvalue weighted by atomic mass is 16.5. The molecule has 98 valence electrons. The molecular weight excluding hydrogens is 242 g/mol. The standard InChI is InChI=1S/C13H15N5O/c14-7-11-10(8-15-17-11)13-16-12(18-19-13)9-5-3-1-2-4-6-9/h8-9H,1-6H2,(H,15,17). The van der Waals surface area contributed by atoms with Crippen molar-refractivity contribution < 1.29 is 4.52 Å². The van der Waals surface area contributed by atoms with Gasteiger partial charge in [-0.1, -0.05) is 30.8 Å². The fourth-order valence-corrected chi connectivity index (χ4v) is 2.58. The lowest BCUT2D eigenvalue weighted by Crippen LogP contribution is -1.99. The van der Waals surface area contributed by atoms with Gasteiger partial charge in [0, 0.05) is 5.92 Å². The lowest BCUT2D eigenvalue weighted by Gasteiger charge is -2.07. The molecule has 0 amide bonds. The van der Waals surface area contributed by atoms with Gasteiger partial charge in [0.05, 0.1) is 11.8 Å². The Morgan fingerprint density at radius 2 is 2.05 bits per heavy atom. The first kappa shape index (κ1) is 11.9. The number of aromatic nitrogens is 4. The minimum atomic E-state index is 0.357. The summed E-state index contributed by atoms with van der Waals surface area (Å²) in [5.74, 6) is 1.53. The summed E-state index contributed by atoms with van der Waals surface area (Å²) >= 11 is 0. The van der Waals surface area contributed by atoms with E-state index >= 15 is 0 Å². The molecule has 0 atom stereocenters. The Kier molecular flexibility index (Phi) is 3.27. The molecule has 1 aliphatic rings. The highest BCUT2D eigenvalue weighted by molar-refractivity contribution is 5.59. The first-order chi connectivity index (χ1) is 9.38. The average molecular weight is 257 g/mol. The van der Waals surface area contributed by atoms with Crippen LogP contribution in [0.2, 0.25) is 0 Å². The van der Waals surface area contributed by atoms with Crippen molar-refractivity contribution in [3.05, 3.63) is 17.7 Å². The summed E-state index contributed by atoms with van der Waals surface area (Å²) < 4.78 is 5.27. The van der Waals surface area contributed by atoms with Crippen LogP contribution in [0.5, 0.6) is 0 Å². The molecule has 2 aromatic heterocycles. The van der Waals surface area contributed by atoms with Gasteiger partial charge in [0.2, 0.25) is 0 Å². The smallest absolute Gasteiger partial charge is 0.262 e. The molecule has 3 rings (SSSR count). The van der Waals surface area contributed by atoms with E-state index in [0.717, 1.165) is 18.7 Å². The summed E-state index contributed by atoms with van der Waals surface area (Å²) in [5, 5.41) is 19.5. The summed E-state index contributed by atoms with van der Waals surface area (Å²) in [5.41, 5.74) is 0.936. The first-order valence-electron chi connectivity index (χ1n) is 6.66. The fraction of sp³-hybridized carbons (Fsp3) is 0.538. The molecular formula is C13H15N5O. The zero-order valence-corrected chi connectivity index (χ0v) is 10.6. The molecule has 2 aromatic rings. The molecule has 6 heteroatoms. The van der Waals surface area contributed by atoms with Gasteiger partial charge in [-0.15, -0.1) is 0 Å². The van der Waals surface area contributed by atoms with E-state index in [-0.39, 0.29) is 0 Å². The van der Waals surface area contributed by atoms with Crippen molar-refractivity contribution in [2.45, 2.75) is 44.4 Å². The normalized spacial score (nSPS) is 17.0. The molecule has 0 spiro atoms. The van der Waals surface area contributed by atoms with Gasteiger partial charge in [0.25, 0.3) is 5.89 Å². The third-order valence-electron chi connectivity index (χ3n) is 3.64. The lowest BCUT2D eigenvalue weighted by atomic mass is 10.00. The van der Waals surface area contributed by atoms with Gasteiger partial charge in [0.1, 0.15) is 11.8 Å². The quantitative estimate of drug-likeness (QED) is 0.835. The van der Waals surface area contributed by atoms with Crippen LogP contribution >= 0.6 is 0 Å². The minimum absolute atomic E-state index is 0.357. The minimum Gasteiger partial charge on any atom is -0.334 e. The van der Waals surface area contributed by atoms with Crippen molar-refractivity contribution in [2.24, 2.45) is 0 Å². The van der Waals surface area contributed by atoms with Crippen molar-refractivity contribution in [1.29, 1.82) is 5.26 Å². The van der Waals surface area contributed by atoms with Gasteiger partial charge in [-0.3, -0.25) is 5.10 Å². The predicted octanol–water partition coefficient (Wildman–Crippen LogP) is 2.77. The van der Waals surface area contributed by atoms with E-state index < -0.39 is 0 Å². The molecule has 0 saturated heterocycles. The number of nitrogens with one attached hydrogen (secondary N) is 1. The van der Waals surface area contributed by atoms with Crippen LogP contribution in [0.15, 0.2) is 10.7 Å². The molecule has 0 bridgehead atoms. The van der Waals surface area contributed by atoms with Gasteiger partial charge in [-0.25, -0.2) is 0 Å². The van der Waals surface area contributed by atoms with Crippen molar-refractivity contribution >= 4 is 0 Å². The molecule has 1 aliphatic carbocycles. The second kappa shape index (κ2) is 5.22. The first-order valence-corrected chi connectivity index (χ1v) is 6.66. The Hall–Kier alpha value is -2.16. The van der Waals surface area contributed by atoms with Crippen LogP contribution in [-0.2, 0) is 0 Å². The zero-order valence-electron chi connectivity index (χ0n) is 10.6. The summed E-state index contributed by atoms with van der Waals surface area (Å²) in [6, 6.07) is 2.03. The monoisotopic (exact) mass is 257 g/mol. The maximum atomic E-state index is 8.95. The van der Waals surface area contributed by atoms with Crippen LogP contribution in [0, 0.1) is 11.3 Å². The third kappa shape index (κ3) is 2.36. The van der Waals surface area contributed by atoms with Crippen LogP contribution < -0.4 is 0 Å². The highest BCUT2D eigenvalue weighted by Crippen LogP contribution is 2.31. The Morgan fingerprint density at radius 3 is 2.79 bits per heavy atom. The largest absolute Gasteiger partial charge is 0.334 e. The number of nitriles is 1.